The van der Waals surface area contributed by atoms with Crippen LogP contribution in [-0.2, 0) is 9.53 Å². The summed E-state index contributed by atoms with van der Waals surface area (Å²) < 4.78 is 5.06. The van der Waals surface area contributed by atoms with Gasteiger partial charge < -0.3 is 15.8 Å². The predicted octanol–water partition coefficient (Wildman–Crippen LogP) is 1.62. The van der Waals surface area contributed by atoms with Crippen LogP contribution in [0.5, 0.6) is 0 Å². The number of rotatable bonds is 8. The van der Waals surface area contributed by atoms with Crippen LogP contribution in [0.15, 0.2) is 24.3 Å². The van der Waals surface area contributed by atoms with Gasteiger partial charge >= 0.3 is 0 Å². The summed E-state index contributed by atoms with van der Waals surface area (Å²) in [6.45, 7) is 6.00. The Balaban J connectivity index is 2.70. The van der Waals surface area contributed by atoms with Crippen molar-refractivity contribution in [2.75, 3.05) is 32.1 Å². The van der Waals surface area contributed by atoms with Gasteiger partial charge in [0.25, 0.3) is 0 Å². The molecule has 1 unspecified atom stereocenters. The van der Waals surface area contributed by atoms with Crippen molar-refractivity contribution >= 4 is 28.8 Å². The Morgan fingerprint density at radius 3 is 2.81 bits per heavy atom. The summed E-state index contributed by atoms with van der Waals surface area (Å²) in [6.07, 6.45) is 0. The number of nitrogens with two attached hydrogens (primary N) is 1. The second-order valence-corrected chi connectivity index (χ2v) is 5.17. The number of benzene rings is 1. The van der Waals surface area contributed by atoms with E-state index in [2.05, 4.69) is 10.2 Å². The molecule has 0 aromatic heterocycles. The summed E-state index contributed by atoms with van der Waals surface area (Å²) in [6, 6.07) is 6.99. The number of anilines is 1. The average molecular weight is 309 g/mol. The monoisotopic (exact) mass is 309 g/mol. The van der Waals surface area contributed by atoms with Crippen LogP contribution in [0.4, 0.5) is 5.69 Å². The van der Waals surface area contributed by atoms with Gasteiger partial charge in [0, 0.05) is 24.9 Å². The molecule has 1 aromatic carbocycles. The summed E-state index contributed by atoms with van der Waals surface area (Å²) >= 11 is 4.94. The molecule has 0 aliphatic rings. The topological polar surface area (TPSA) is 67.6 Å². The second kappa shape index (κ2) is 8.71. The molecule has 1 rings (SSSR count). The molecule has 1 atom stereocenters. The molecule has 0 heterocycles. The van der Waals surface area contributed by atoms with Gasteiger partial charge in [-0.2, -0.15) is 0 Å². The number of likely N-dealkylation sites (N-methyl/N-ethyl adjacent to an activating group) is 1. The maximum absolute atomic E-state index is 12.3. The van der Waals surface area contributed by atoms with Crippen LogP contribution in [0.3, 0.4) is 0 Å². The zero-order valence-corrected chi connectivity index (χ0v) is 13.6. The summed E-state index contributed by atoms with van der Waals surface area (Å²) in [5.41, 5.74) is 7.03. The van der Waals surface area contributed by atoms with E-state index in [-0.39, 0.29) is 11.9 Å². The molecule has 0 radical (unpaired) electrons. The van der Waals surface area contributed by atoms with Crippen LogP contribution in [0.25, 0.3) is 0 Å². The second-order valence-electron chi connectivity index (χ2n) is 4.73. The summed E-state index contributed by atoms with van der Waals surface area (Å²) in [4.78, 5) is 14.7. The van der Waals surface area contributed by atoms with Crippen LogP contribution in [0, 0.1) is 0 Å². The highest BCUT2D eigenvalue weighted by Crippen LogP contribution is 2.12. The van der Waals surface area contributed by atoms with Crippen LogP contribution in [0.2, 0.25) is 0 Å². The van der Waals surface area contributed by atoms with Crippen molar-refractivity contribution in [2.24, 2.45) is 5.73 Å². The number of hydrogen-bond acceptors (Lipinski definition) is 4. The van der Waals surface area contributed by atoms with Crippen molar-refractivity contribution < 1.29 is 9.53 Å². The van der Waals surface area contributed by atoms with Gasteiger partial charge in [-0.15, -0.1) is 0 Å². The molecule has 0 saturated carbocycles. The zero-order valence-electron chi connectivity index (χ0n) is 12.8. The molecule has 0 spiro atoms. The third-order valence-electron chi connectivity index (χ3n) is 3.33. The Labute approximate surface area is 131 Å². The molecule has 1 aromatic rings. The van der Waals surface area contributed by atoms with Crippen molar-refractivity contribution in [1.29, 1.82) is 0 Å². The van der Waals surface area contributed by atoms with Crippen molar-refractivity contribution in [2.45, 2.75) is 19.9 Å². The van der Waals surface area contributed by atoms with Crippen LogP contribution < -0.4 is 11.1 Å². The van der Waals surface area contributed by atoms with E-state index in [1.807, 2.05) is 32.0 Å². The molecule has 0 aliphatic carbocycles. The fourth-order valence-corrected chi connectivity index (χ4v) is 2.12. The minimum atomic E-state index is -0.237. The van der Waals surface area contributed by atoms with Gasteiger partial charge in [0.15, 0.2) is 0 Å². The Bertz CT molecular complexity index is 494. The first kappa shape index (κ1) is 17.6. The molecule has 21 heavy (non-hydrogen) atoms. The molecule has 116 valence electrons. The highest BCUT2D eigenvalue weighted by Gasteiger charge is 2.19. The third-order valence-corrected chi connectivity index (χ3v) is 3.57. The van der Waals surface area contributed by atoms with E-state index in [0.29, 0.717) is 23.8 Å². The van der Waals surface area contributed by atoms with Gasteiger partial charge in [-0.25, -0.2) is 0 Å². The molecule has 0 fully saturated rings. The number of hydrogen-bond donors (Lipinski definition) is 2. The smallest absolute Gasteiger partial charge is 0.241 e. The lowest BCUT2D eigenvalue weighted by atomic mass is 10.2. The summed E-state index contributed by atoms with van der Waals surface area (Å²) in [5, 5.41) is 2.89. The lowest BCUT2D eigenvalue weighted by Crippen LogP contribution is -2.43. The van der Waals surface area contributed by atoms with E-state index in [4.69, 9.17) is 22.7 Å². The highest BCUT2D eigenvalue weighted by atomic mass is 32.1. The standard InChI is InChI=1S/C15H23N3O2S/c1-4-18(8-9-20-3)11(2)15(19)17-13-7-5-6-12(10-13)14(16)21/h5-7,10-11H,4,8-9H2,1-3H3,(H2,16,21)(H,17,19). The minimum Gasteiger partial charge on any atom is -0.389 e. The molecule has 1 amide bonds. The minimum absolute atomic E-state index is 0.0620. The van der Waals surface area contributed by atoms with E-state index < -0.39 is 0 Å². The van der Waals surface area contributed by atoms with E-state index in [9.17, 15) is 4.79 Å². The van der Waals surface area contributed by atoms with Gasteiger partial charge in [-0.3, -0.25) is 9.69 Å². The molecular formula is C15H23N3O2S. The quantitative estimate of drug-likeness (QED) is 0.714. The largest absolute Gasteiger partial charge is 0.389 e. The maximum Gasteiger partial charge on any atom is 0.241 e. The Kier molecular flexibility index (Phi) is 7.28. The van der Waals surface area contributed by atoms with E-state index in [0.717, 1.165) is 12.1 Å². The number of carbonyl (C=O) groups excluding carboxylic acids is 1. The molecule has 0 bridgehead atoms. The number of amides is 1. The van der Waals surface area contributed by atoms with Crippen molar-refractivity contribution in [3.05, 3.63) is 29.8 Å². The van der Waals surface area contributed by atoms with Crippen molar-refractivity contribution in [3.63, 3.8) is 0 Å². The number of thiocarbonyl (C=S) groups is 1. The highest BCUT2D eigenvalue weighted by molar-refractivity contribution is 7.80. The molecule has 3 N–H and O–H groups in total. The SMILES string of the molecule is CCN(CCOC)C(C)C(=O)Nc1cccc(C(N)=S)c1. The predicted molar refractivity (Wildman–Crippen MR) is 89.5 cm³/mol. The van der Waals surface area contributed by atoms with Gasteiger partial charge in [-0.05, 0) is 25.6 Å². The Hall–Kier alpha value is -1.50. The number of methoxy groups -OCH3 is 1. The molecule has 0 aliphatic heterocycles. The van der Waals surface area contributed by atoms with E-state index in [1.54, 1.807) is 13.2 Å². The van der Waals surface area contributed by atoms with Gasteiger partial charge in [0.1, 0.15) is 4.99 Å². The van der Waals surface area contributed by atoms with Crippen LogP contribution >= 0.6 is 12.2 Å². The number of nitrogens with zero attached hydrogens (tertiary/aromatic N) is 1. The molecule has 5 nitrogen and oxygen atoms in total. The summed E-state index contributed by atoms with van der Waals surface area (Å²) in [7, 11) is 1.65. The molecule has 6 heteroatoms. The first-order valence-electron chi connectivity index (χ1n) is 6.93. The van der Waals surface area contributed by atoms with Crippen LogP contribution in [0.1, 0.15) is 19.4 Å². The van der Waals surface area contributed by atoms with E-state index in [1.165, 1.54) is 0 Å². The fourth-order valence-electron chi connectivity index (χ4n) is 2.00. The van der Waals surface area contributed by atoms with Crippen LogP contribution in [-0.4, -0.2) is 48.6 Å². The van der Waals surface area contributed by atoms with Gasteiger partial charge in [0.05, 0.1) is 12.6 Å². The lowest BCUT2D eigenvalue weighted by Gasteiger charge is -2.26. The van der Waals surface area contributed by atoms with Gasteiger partial charge in [-0.1, -0.05) is 31.3 Å². The zero-order chi connectivity index (χ0) is 15.8. The number of nitrogens with one attached hydrogen (secondary N) is 1. The van der Waals surface area contributed by atoms with Gasteiger partial charge in [0.2, 0.25) is 5.91 Å². The first-order chi connectivity index (χ1) is 9.99. The van der Waals surface area contributed by atoms with Crippen molar-refractivity contribution in [3.8, 4) is 0 Å². The first-order valence-corrected chi connectivity index (χ1v) is 7.34. The Morgan fingerprint density at radius 1 is 1.52 bits per heavy atom. The average Bonchev–Trinajstić information content (AvgIpc) is 2.48. The third kappa shape index (κ3) is 5.41. The van der Waals surface area contributed by atoms with Crippen molar-refractivity contribution in [1.82, 2.24) is 4.90 Å². The molecule has 0 saturated heterocycles. The molecular weight excluding hydrogens is 286 g/mol. The Morgan fingerprint density at radius 2 is 2.24 bits per heavy atom. The maximum atomic E-state index is 12.3. The number of ether oxygens (including phenoxy) is 1. The number of carbonyl (C=O) groups is 1. The normalized spacial score (nSPS) is 12.2. The summed E-state index contributed by atoms with van der Waals surface area (Å²) in [5.74, 6) is -0.0620. The fraction of sp³-hybridized carbons (Fsp3) is 0.467. The van der Waals surface area contributed by atoms with E-state index >= 15 is 0 Å². The lowest BCUT2D eigenvalue weighted by molar-refractivity contribution is -0.120.